The van der Waals surface area contributed by atoms with Gasteiger partial charge in [0.2, 0.25) is 0 Å². The van der Waals surface area contributed by atoms with E-state index in [0.717, 1.165) is 28.3 Å². The van der Waals surface area contributed by atoms with E-state index in [1.54, 1.807) is 18.2 Å². The lowest BCUT2D eigenvalue weighted by Crippen LogP contribution is -1.97. The second kappa shape index (κ2) is 6.19. The number of carbonyl (C=O) groups excluding carboxylic acids is 1. The molecule has 0 saturated carbocycles. The molecule has 76 valence electrons. The Morgan fingerprint density at radius 3 is 2.79 bits per heavy atom. The first kappa shape index (κ1) is 11.7. The van der Waals surface area contributed by atoms with Gasteiger partial charge in [-0.3, -0.25) is 4.79 Å². The number of rotatable bonds is 5. The van der Waals surface area contributed by atoms with Crippen LogP contribution in [0.3, 0.4) is 0 Å². The van der Waals surface area contributed by atoms with Gasteiger partial charge in [0.05, 0.1) is 6.61 Å². The topological polar surface area (TPSA) is 26.3 Å². The van der Waals surface area contributed by atoms with E-state index in [1.807, 2.05) is 0 Å². The van der Waals surface area contributed by atoms with Crippen LogP contribution in [0.4, 0.5) is 0 Å². The number of benzene rings is 1. The molecule has 0 N–H and O–H groups in total. The molecule has 0 aliphatic rings. The van der Waals surface area contributed by atoms with Crippen molar-refractivity contribution in [1.29, 1.82) is 0 Å². The smallest absolute Gasteiger partial charge is 0.151 e. The summed E-state index contributed by atoms with van der Waals surface area (Å²) in [6.07, 6.45) is 1.78. The van der Waals surface area contributed by atoms with E-state index in [4.69, 9.17) is 4.74 Å². The molecule has 0 aliphatic carbocycles. The van der Waals surface area contributed by atoms with Crippen molar-refractivity contribution in [1.82, 2.24) is 0 Å². The summed E-state index contributed by atoms with van der Waals surface area (Å²) >= 11 is 6.62. The Bertz CT molecular complexity index is 313. The van der Waals surface area contributed by atoms with Gasteiger partial charge in [-0.1, -0.05) is 15.9 Å². The fraction of sp³-hybridized carbons (Fsp3) is 0.300. The molecule has 0 amide bonds. The van der Waals surface area contributed by atoms with Crippen molar-refractivity contribution in [2.24, 2.45) is 0 Å². The number of hydrogen-bond donors (Lipinski definition) is 0. The van der Waals surface area contributed by atoms with Crippen LogP contribution >= 0.6 is 31.9 Å². The number of carbonyl (C=O) groups is 1. The molecule has 0 fully saturated rings. The second-order valence-corrected chi connectivity index (χ2v) is 4.34. The predicted octanol–water partition coefficient (Wildman–Crippen LogP) is 3.43. The summed E-state index contributed by atoms with van der Waals surface area (Å²) in [4.78, 5) is 10.5. The molecule has 0 aromatic heterocycles. The Kier molecular flexibility index (Phi) is 5.19. The van der Waals surface area contributed by atoms with Crippen LogP contribution in [0.5, 0.6) is 5.75 Å². The molecule has 0 radical (unpaired) electrons. The van der Waals surface area contributed by atoms with E-state index in [2.05, 4.69) is 31.9 Å². The van der Waals surface area contributed by atoms with Crippen molar-refractivity contribution >= 4 is 38.1 Å². The Morgan fingerprint density at radius 1 is 1.43 bits per heavy atom. The maximum absolute atomic E-state index is 10.5. The molecule has 0 heterocycles. The fourth-order valence-corrected chi connectivity index (χ4v) is 1.62. The quantitative estimate of drug-likeness (QED) is 0.472. The molecule has 0 saturated heterocycles. The Morgan fingerprint density at radius 2 is 2.21 bits per heavy atom. The van der Waals surface area contributed by atoms with Gasteiger partial charge in [0.15, 0.2) is 6.29 Å². The first-order valence-corrected chi connectivity index (χ1v) is 6.13. The molecule has 14 heavy (non-hydrogen) atoms. The lowest BCUT2D eigenvalue weighted by Gasteiger charge is -2.05. The van der Waals surface area contributed by atoms with Gasteiger partial charge in [0.25, 0.3) is 0 Å². The highest BCUT2D eigenvalue weighted by Gasteiger charge is 2.00. The van der Waals surface area contributed by atoms with E-state index in [0.29, 0.717) is 12.2 Å². The standard InChI is InChI=1S/C10H10Br2O2/c11-4-1-5-14-9-3-2-8(7-13)10(12)6-9/h2-3,6-7H,1,4-5H2. The zero-order valence-electron chi connectivity index (χ0n) is 7.50. The first-order valence-electron chi connectivity index (χ1n) is 4.21. The number of halogens is 2. The molecule has 4 heteroatoms. The van der Waals surface area contributed by atoms with Crippen molar-refractivity contribution in [3.63, 3.8) is 0 Å². The van der Waals surface area contributed by atoms with Crippen molar-refractivity contribution in [2.45, 2.75) is 6.42 Å². The van der Waals surface area contributed by atoms with Crippen LogP contribution in [0, 0.1) is 0 Å². The molecule has 1 aromatic rings. The van der Waals surface area contributed by atoms with Crippen molar-refractivity contribution in [2.75, 3.05) is 11.9 Å². The third-order valence-corrected chi connectivity index (χ3v) is 2.89. The minimum atomic E-state index is 0.637. The molecule has 1 aromatic carbocycles. The molecule has 2 nitrogen and oxygen atoms in total. The van der Waals surface area contributed by atoms with Gasteiger partial charge in [-0.15, -0.1) is 0 Å². The number of ether oxygens (including phenoxy) is 1. The van der Waals surface area contributed by atoms with Crippen LogP contribution in [-0.4, -0.2) is 18.2 Å². The number of alkyl halides is 1. The Balaban J connectivity index is 2.62. The summed E-state index contributed by atoms with van der Waals surface area (Å²) in [5, 5.41) is 0.931. The SMILES string of the molecule is O=Cc1ccc(OCCCBr)cc1Br. The third kappa shape index (κ3) is 3.42. The monoisotopic (exact) mass is 320 g/mol. The lowest BCUT2D eigenvalue weighted by molar-refractivity contribution is 0.112. The molecule has 0 atom stereocenters. The number of aldehydes is 1. The van der Waals surface area contributed by atoms with Crippen LogP contribution < -0.4 is 4.74 Å². The van der Waals surface area contributed by atoms with E-state index in [-0.39, 0.29) is 0 Å². The van der Waals surface area contributed by atoms with E-state index in [9.17, 15) is 4.79 Å². The zero-order valence-corrected chi connectivity index (χ0v) is 10.7. The lowest BCUT2D eigenvalue weighted by atomic mass is 10.2. The zero-order chi connectivity index (χ0) is 10.4. The van der Waals surface area contributed by atoms with E-state index in [1.165, 1.54) is 0 Å². The van der Waals surface area contributed by atoms with Gasteiger partial charge in [-0.05, 0) is 40.5 Å². The Hall–Kier alpha value is -0.350. The summed E-state index contributed by atoms with van der Waals surface area (Å²) in [5.41, 5.74) is 0.637. The third-order valence-electron chi connectivity index (χ3n) is 1.65. The molecule has 0 aliphatic heterocycles. The summed E-state index contributed by atoms with van der Waals surface area (Å²) < 4.78 is 6.22. The van der Waals surface area contributed by atoms with Gasteiger partial charge in [-0.2, -0.15) is 0 Å². The maximum Gasteiger partial charge on any atom is 0.151 e. The highest BCUT2D eigenvalue weighted by molar-refractivity contribution is 9.10. The molecule has 0 bridgehead atoms. The average Bonchev–Trinajstić information content (AvgIpc) is 2.18. The molecular formula is C10H10Br2O2. The summed E-state index contributed by atoms with van der Waals surface area (Å²) in [5.74, 6) is 0.781. The summed E-state index contributed by atoms with van der Waals surface area (Å²) in [6.45, 7) is 0.679. The fourth-order valence-electron chi connectivity index (χ4n) is 0.938. The molecular weight excluding hydrogens is 312 g/mol. The number of hydrogen-bond acceptors (Lipinski definition) is 2. The maximum atomic E-state index is 10.5. The average molecular weight is 322 g/mol. The largest absolute Gasteiger partial charge is 0.494 e. The minimum Gasteiger partial charge on any atom is -0.494 e. The van der Waals surface area contributed by atoms with Crippen molar-refractivity contribution in [3.05, 3.63) is 28.2 Å². The van der Waals surface area contributed by atoms with Gasteiger partial charge in [-0.25, -0.2) is 0 Å². The highest BCUT2D eigenvalue weighted by atomic mass is 79.9. The summed E-state index contributed by atoms with van der Waals surface area (Å²) in [6, 6.07) is 5.33. The van der Waals surface area contributed by atoms with Gasteiger partial charge < -0.3 is 4.74 Å². The van der Waals surface area contributed by atoms with Crippen LogP contribution in [0.25, 0.3) is 0 Å². The highest BCUT2D eigenvalue weighted by Crippen LogP contribution is 2.21. The van der Waals surface area contributed by atoms with E-state index < -0.39 is 0 Å². The first-order chi connectivity index (χ1) is 6.77. The van der Waals surface area contributed by atoms with Crippen LogP contribution in [0.15, 0.2) is 22.7 Å². The Labute approximate surface area is 99.9 Å². The van der Waals surface area contributed by atoms with Crippen LogP contribution in [-0.2, 0) is 0 Å². The van der Waals surface area contributed by atoms with Crippen LogP contribution in [0.1, 0.15) is 16.8 Å². The van der Waals surface area contributed by atoms with E-state index >= 15 is 0 Å². The van der Waals surface area contributed by atoms with Gasteiger partial charge in [0, 0.05) is 15.4 Å². The van der Waals surface area contributed by atoms with Gasteiger partial charge in [0.1, 0.15) is 5.75 Å². The summed E-state index contributed by atoms with van der Waals surface area (Å²) in [7, 11) is 0. The second-order valence-electron chi connectivity index (χ2n) is 2.69. The molecule has 0 unspecified atom stereocenters. The normalized spacial score (nSPS) is 9.86. The van der Waals surface area contributed by atoms with Crippen molar-refractivity contribution in [3.8, 4) is 5.75 Å². The van der Waals surface area contributed by atoms with Crippen LogP contribution in [0.2, 0.25) is 0 Å². The molecule has 0 spiro atoms. The molecule has 1 rings (SSSR count). The minimum absolute atomic E-state index is 0.637. The van der Waals surface area contributed by atoms with Crippen molar-refractivity contribution < 1.29 is 9.53 Å². The predicted molar refractivity (Wildman–Crippen MR) is 63.4 cm³/mol. The van der Waals surface area contributed by atoms with Gasteiger partial charge >= 0.3 is 0 Å².